The first kappa shape index (κ1) is 14.8. The molecule has 2 heterocycles. The molecule has 2 N–H and O–H groups in total. The lowest BCUT2D eigenvalue weighted by molar-refractivity contribution is 0.0931. The molecule has 0 saturated carbocycles. The first-order valence-corrected chi connectivity index (χ1v) is 8.08. The smallest absolute Gasteiger partial charge is 0.272 e. The van der Waals surface area contributed by atoms with Gasteiger partial charge in [-0.15, -0.1) is 0 Å². The lowest BCUT2D eigenvalue weighted by Crippen LogP contribution is -2.27. The van der Waals surface area contributed by atoms with Crippen molar-refractivity contribution in [3.8, 4) is 0 Å². The minimum absolute atomic E-state index is 0.0384. The first-order valence-electron chi connectivity index (χ1n) is 8.08. The van der Waals surface area contributed by atoms with Crippen LogP contribution in [0.25, 0.3) is 5.65 Å². The molecule has 6 nitrogen and oxygen atoms in total. The van der Waals surface area contributed by atoms with Crippen LogP contribution in [0, 0.1) is 0 Å². The number of aromatic nitrogens is 3. The Morgan fingerprint density at radius 2 is 2.25 bits per heavy atom. The van der Waals surface area contributed by atoms with Crippen LogP contribution < -0.4 is 5.32 Å². The molecule has 0 saturated heterocycles. The average Bonchev–Trinajstić information content (AvgIpc) is 3.19. The van der Waals surface area contributed by atoms with E-state index in [9.17, 15) is 4.79 Å². The SMILES string of the molecule is O=C(N[C@@H]1CCc2ccccc21)c1cc2ncc(CCO)cn2n1. The van der Waals surface area contributed by atoms with Crippen molar-refractivity contribution in [3.63, 3.8) is 0 Å². The number of carbonyl (C=O) groups is 1. The van der Waals surface area contributed by atoms with E-state index < -0.39 is 0 Å². The van der Waals surface area contributed by atoms with Crippen LogP contribution in [0.1, 0.15) is 39.6 Å². The molecule has 1 atom stereocenters. The fraction of sp³-hybridized carbons (Fsp3) is 0.278. The summed E-state index contributed by atoms with van der Waals surface area (Å²) in [6, 6.07) is 9.93. The van der Waals surface area contributed by atoms with Crippen molar-refractivity contribution in [2.45, 2.75) is 25.3 Å². The molecule has 0 fully saturated rings. The molecule has 0 spiro atoms. The fourth-order valence-electron chi connectivity index (χ4n) is 3.22. The number of hydrogen-bond donors (Lipinski definition) is 2. The van der Waals surface area contributed by atoms with Gasteiger partial charge in [0, 0.05) is 25.1 Å². The van der Waals surface area contributed by atoms with E-state index in [1.54, 1.807) is 23.0 Å². The van der Waals surface area contributed by atoms with Gasteiger partial charge in [-0.2, -0.15) is 5.10 Å². The monoisotopic (exact) mass is 322 g/mol. The Kier molecular flexibility index (Phi) is 3.74. The summed E-state index contributed by atoms with van der Waals surface area (Å²) in [4.78, 5) is 16.8. The maximum atomic E-state index is 12.5. The molecular weight excluding hydrogens is 304 g/mol. The molecule has 6 heteroatoms. The van der Waals surface area contributed by atoms with Gasteiger partial charge >= 0.3 is 0 Å². The Hall–Kier alpha value is -2.73. The molecule has 0 radical (unpaired) electrons. The van der Waals surface area contributed by atoms with Gasteiger partial charge in [0.15, 0.2) is 11.3 Å². The number of nitrogens with one attached hydrogen (secondary N) is 1. The molecule has 3 aromatic rings. The maximum Gasteiger partial charge on any atom is 0.272 e. The highest BCUT2D eigenvalue weighted by atomic mass is 16.3. The maximum absolute atomic E-state index is 12.5. The van der Waals surface area contributed by atoms with Gasteiger partial charge in [-0.1, -0.05) is 24.3 Å². The molecule has 1 aliphatic rings. The standard InChI is InChI=1S/C18H18N4O2/c23-8-7-12-10-19-17-9-16(21-22(17)11-12)18(24)20-15-6-5-13-3-1-2-4-14(13)15/h1-4,9-11,15,23H,5-8H2,(H,20,24)/t15-/m1/s1. The fourth-order valence-corrected chi connectivity index (χ4v) is 3.22. The molecular formula is C18H18N4O2. The zero-order chi connectivity index (χ0) is 16.5. The summed E-state index contributed by atoms with van der Waals surface area (Å²) in [5, 5.41) is 16.4. The van der Waals surface area contributed by atoms with Gasteiger partial charge in [-0.3, -0.25) is 4.79 Å². The van der Waals surface area contributed by atoms with Gasteiger partial charge < -0.3 is 10.4 Å². The topological polar surface area (TPSA) is 79.5 Å². The van der Waals surface area contributed by atoms with E-state index in [0.29, 0.717) is 17.8 Å². The predicted octanol–water partition coefficient (Wildman–Crippen LogP) is 1.68. The Balaban J connectivity index is 1.55. The summed E-state index contributed by atoms with van der Waals surface area (Å²) >= 11 is 0. The van der Waals surface area contributed by atoms with Crippen LogP contribution in [0.3, 0.4) is 0 Å². The van der Waals surface area contributed by atoms with Crippen LogP contribution in [0.15, 0.2) is 42.7 Å². The molecule has 1 aliphatic carbocycles. The van der Waals surface area contributed by atoms with Gasteiger partial charge in [0.05, 0.1) is 6.04 Å². The molecule has 4 rings (SSSR count). The minimum Gasteiger partial charge on any atom is -0.396 e. The largest absolute Gasteiger partial charge is 0.396 e. The van der Waals surface area contributed by atoms with Crippen molar-refractivity contribution in [1.29, 1.82) is 0 Å². The Morgan fingerprint density at radius 3 is 3.12 bits per heavy atom. The predicted molar refractivity (Wildman–Crippen MR) is 88.7 cm³/mol. The van der Waals surface area contributed by atoms with Gasteiger partial charge in [0.1, 0.15) is 0 Å². The quantitative estimate of drug-likeness (QED) is 0.766. The zero-order valence-corrected chi connectivity index (χ0v) is 13.1. The van der Waals surface area contributed by atoms with Crippen molar-refractivity contribution in [3.05, 3.63) is 65.1 Å². The van der Waals surface area contributed by atoms with Crippen molar-refractivity contribution in [2.24, 2.45) is 0 Å². The van der Waals surface area contributed by atoms with E-state index in [4.69, 9.17) is 5.11 Å². The number of aliphatic hydroxyl groups is 1. The Labute approximate surface area is 139 Å². The van der Waals surface area contributed by atoms with Gasteiger partial charge in [0.25, 0.3) is 5.91 Å². The Morgan fingerprint density at radius 1 is 1.38 bits per heavy atom. The number of aliphatic hydroxyl groups excluding tert-OH is 1. The Bertz CT molecular complexity index is 903. The molecule has 2 aromatic heterocycles. The highest BCUT2D eigenvalue weighted by Crippen LogP contribution is 2.30. The van der Waals surface area contributed by atoms with Crippen molar-refractivity contribution < 1.29 is 9.90 Å². The third-order valence-corrected chi connectivity index (χ3v) is 4.44. The van der Waals surface area contributed by atoms with Crippen molar-refractivity contribution in [2.75, 3.05) is 6.61 Å². The average molecular weight is 322 g/mol. The lowest BCUT2D eigenvalue weighted by atomic mass is 10.1. The second-order valence-corrected chi connectivity index (χ2v) is 6.03. The molecule has 0 aliphatic heterocycles. The van der Waals surface area contributed by atoms with Crippen LogP contribution in [-0.4, -0.2) is 32.2 Å². The minimum atomic E-state index is -0.189. The van der Waals surface area contributed by atoms with Gasteiger partial charge in [0.2, 0.25) is 0 Å². The number of fused-ring (bicyclic) bond motifs is 2. The second kappa shape index (κ2) is 6.05. The lowest BCUT2D eigenvalue weighted by Gasteiger charge is -2.12. The van der Waals surface area contributed by atoms with E-state index in [2.05, 4.69) is 27.5 Å². The number of hydrogen-bond acceptors (Lipinski definition) is 4. The molecule has 0 unspecified atom stereocenters. The molecule has 1 amide bonds. The number of benzene rings is 1. The summed E-state index contributed by atoms with van der Waals surface area (Å²) in [7, 11) is 0. The number of rotatable bonds is 4. The van der Waals surface area contributed by atoms with Crippen LogP contribution in [0.2, 0.25) is 0 Å². The molecule has 122 valence electrons. The van der Waals surface area contributed by atoms with E-state index in [1.165, 1.54) is 11.1 Å². The summed E-state index contributed by atoms with van der Waals surface area (Å²) in [5.74, 6) is -0.189. The second-order valence-electron chi connectivity index (χ2n) is 6.03. The van der Waals surface area contributed by atoms with E-state index in [0.717, 1.165) is 18.4 Å². The van der Waals surface area contributed by atoms with E-state index >= 15 is 0 Å². The zero-order valence-electron chi connectivity index (χ0n) is 13.1. The molecule has 0 bridgehead atoms. The normalized spacial score (nSPS) is 16.3. The summed E-state index contributed by atoms with van der Waals surface area (Å²) in [5.41, 5.74) is 4.34. The van der Waals surface area contributed by atoms with Crippen molar-refractivity contribution >= 4 is 11.6 Å². The third kappa shape index (κ3) is 2.65. The molecule has 24 heavy (non-hydrogen) atoms. The van der Waals surface area contributed by atoms with Crippen LogP contribution in [-0.2, 0) is 12.8 Å². The third-order valence-electron chi connectivity index (χ3n) is 4.44. The van der Waals surface area contributed by atoms with Gasteiger partial charge in [-0.05, 0) is 36.0 Å². The number of amides is 1. The highest BCUT2D eigenvalue weighted by molar-refractivity contribution is 5.93. The number of carbonyl (C=O) groups excluding carboxylic acids is 1. The number of nitrogens with zero attached hydrogens (tertiary/aromatic N) is 3. The van der Waals surface area contributed by atoms with Crippen molar-refractivity contribution in [1.82, 2.24) is 19.9 Å². The van der Waals surface area contributed by atoms with Gasteiger partial charge in [-0.25, -0.2) is 9.50 Å². The first-order chi connectivity index (χ1) is 11.7. The highest BCUT2D eigenvalue weighted by Gasteiger charge is 2.24. The van der Waals surface area contributed by atoms with Crippen LogP contribution >= 0.6 is 0 Å². The van der Waals surface area contributed by atoms with Crippen LogP contribution in [0.5, 0.6) is 0 Å². The molecule has 1 aromatic carbocycles. The van der Waals surface area contributed by atoms with Crippen LogP contribution in [0.4, 0.5) is 0 Å². The number of aryl methyl sites for hydroxylation is 1. The summed E-state index contributed by atoms with van der Waals surface area (Å²) in [6.07, 6.45) is 5.90. The van der Waals surface area contributed by atoms with E-state index in [1.807, 2.05) is 12.1 Å². The summed E-state index contributed by atoms with van der Waals surface area (Å²) in [6.45, 7) is 0.0584. The van der Waals surface area contributed by atoms with E-state index in [-0.39, 0.29) is 18.6 Å². The summed E-state index contributed by atoms with van der Waals surface area (Å²) < 4.78 is 1.59.